The van der Waals surface area contributed by atoms with Crippen LogP contribution in [0, 0.1) is 17.0 Å². The molecule has 0 saturated carbocycles. The number of aromatic nitrogens is 4. The highest BCUT2D eigenvalue weighted by Gasteiger charge is 2.17. The summed E-state index contributed by atoms with van der Waals surface area (Å²) in [5.74, 6) is -0.0997. The molecule has 0 bridgehead atoms. The summed E-state index contributed by atoms with van der Waals surface area (Å²) in [6.07, 6.45) is 1.65. The van der Waals surface area contributed by atoms with Crippen molar-refractivity contribution in [3.05, 3.63) is 75.9 Å². The number of hydrogen-bond acceptors (Lipinski definition) is 8. The molecule has 2 aromatic carbocycles. The number of amides is 1. The molecule has 2 heterocycles. The fourth-order valence-corrected chi connectivity index (χ4v) is 4.28. The molecule has 9 nitrogen and oxygen atoms in total. The molecule has 0 aliphatic rings. The topological polar surface area (TPSA) is 116 Å². The van der Waals surface area contributed by atoms with Crippen molar-refractivity contribution >= 4 is 39.8 Å². The number of rotatable bonds is 7. The molecular formula is C20H16N6O3S2. The van der Waals surface area contributed by atoms with Crippen LogP contribution in [-0.4, -0.2) is 36.3 Å². The molecule has 31 heavy (non-hydrogen) atoms. The Morgan fingerprint density at radius 2 is 2.00 bits per heavy atom. The maximum Gasteiger partial charge on any atom is 0.270 e. The normalized spacial score (nSPS) is 10.7. The summed E-state index contributed by atoms with van der Waals surface area (Å²) >= 11 is 2.57. The average Bonchev–Trinajstić information content (AvgIpc) is 3.39. The quantitative estimate of drug-likeness (QED) is 0.252. The molecule has 4 aromatic rings. The van der Waals surface area contributed by atoms with Crippen molar-refractivity contribution in [3.63, 3.8) is 0 Å². The highest BCUT2D eigenvalue weighted by molar-refractivity contribution is 7.99. The van der Waals surface area contributed by atoms with Crippen molar-refractivity contribution in [1.29, 1.82) is 0 Å². The lowest BCUT2D eigenvalue weighted by Gasteiger charge is -2.12. The van der Waals surface area contributed by atoms with E-state index in [1.165, 1.54) is 35.2 Å². The van der Waals surface area contributed by atoms with Crippen molar-refractivity contribution in [1.82, 2.24) is 19.7 Å². The van der Waals surface area contributed by atoms with Gasteiger partial charge in [-0.1, -0.05) is 53.4 Å². The maximum atomic E-state index is 12.3. The van der Waals surface area contributed by atoms with Crippen LogP contribution >= 0.6 is 23.1 Å². The Kier molecular flexibility index (Phi) is 6.05. The number of thioether (sulfide) groups is 1. The number of nitro groups is 1. The second-order valence-electron chi connectivity index (χ2n) is 6.37. The van der Waals surface area contributed by atoms with E-state index < -0.39 is 4.92 Å². The molecule has 0 radical (unpaired) electrons. The van der Waals surface area contributed by atoms with Crippen LogP contribution in [0.1, 0.15) is 5.01 Å². The summed E-state index contributed by atoms with van der Waals surface area (Å²) in [4.78, 5) is 27.6. The van der Waals surface area contributed by atoms with E-state index in [-0.39, 0.29) is 17.3 Å². The van der Waals surface area contributed by atoms with Crippen molar-refractivity contribution in [2.45, 2.75) is 12.1 Å². The van der Waals surface area contributed by atoms with E-state index in [4.69, 9.17) is 0 Å². The van der Waals surface area contributed by atoms with E-state index in [1.807, 2.05) is 41.8 Å². The zero-order chi connectivity index (χ0) is 21.8. The molecule has 0 fully saturated rings. The number of hydrogen-bond donors (Lipinski definition) is 1. The zero-order valence-electron chi connectivity index (χ0n) is 16.3. The first-order chi connectivity index (χ1) is 15.0. The molecule has 156 valence electrons. The number of nitro benzene ring substituents is 1. The van der Waals surface area contributed by atoms with Gasteiger partial charge in [-0.05, 0) is 19.1 Å². The van der Waals surface area contributed by atoms with Gasteiger partial charge < -0.3 is 0 Å². The number of nitrogens with one attached hydrogen (secondary N) is 1. The van der Waals surface area contributed by atoms with Crippen LogP contribution in [0.2, 0.25) is 0 Å². The van der Waals surface area contributed by atoms with Gasteiger partial charge in [0, 0.05) is 23.4 Å². The van der Waals surface area contributed by atoms with Crippen LogP contribution in [0.3, 0.4) is 0 Å². The summed E-state index contributed by atoms with van der Waals surface area (Å²) in [6.45, 7) is 1.81. The lowest BCUT2D eigenvalue weighted by atomic mass is 10.1. The highest BCUT2D eigenvalue weighted by atomic mass is 32.2. The standard InChI is InChI=1S/C20H16N6O3S2/c1-13-23-24-19(31-13)22-18(27)12-30-20-21-11-17(25(20)15-7-3-2-4-8-15)14-6-5-9-16(10-14)26(28)29/h2-11H,12H2,1H3,(H,22,24,27). The Morgan fingerprint density at radius 1 is 1.19 bits per heavy atom. The Bertz CT molecular complexity index is 1240. The lowest BCUT2D eigenvalue weighted by Crippen LogP contribution is -2.14. The van der Waals surface area contributed by atoms with Gasteiger partial charge >= 0.3 is 0 Å². The minimum Gasteiger partial charge on any atom is -0.300 e. The largest absolute Gasteiger partial charge is 0.300 e. The SMILES string of the molecule is Cc1nnc(NC(=O)CSc2ncc(-c3cccc([N+](=O)[O-])c3)n2-c2ccccc2)s1. The predicted octanol–water partition coefficient (Wildman–Crippen LogP) is 4.34. The van der Waals surface area contributed by atoms with Gasteiger partial charge in [-0.2, -0.15) is 0 Å². The van der Waals surface area contributed by atoms with Crippen molar-refractivity contribution in [2.75, 3.05) is 11.1 Å². The van der Waals surface area contributed by atoms with Crippen molar-refractivity contribution in [3.8, 4) is 16.9 Å². The number of imidazole rings is 1. The lowest BCUT2D eigenvalue weighted by molar-refractivity contribution is -0.384. The Morgan fingerprint density at radius 3 is 2.71 bits per heavy atom. The number of para-hydroxylation sites is 1. The summed E-state index contributed by atoms with van der Waals surface area (Å²) in [6, 6.07) is 15.9. The average molecular weight is 453 g/mol. The van der Waals surface area contributed by atoms with E-state index in [0.717, 1.165) is 10.7 Å². The molecule has 2 aromatic heterocycles. The zero-order valence-corrected chi connectivity index (χ0v) is 17.9. The molecule has 0 aliphatic heterocycles. The fraction of sp³-hybridized carbons (Fsp3) is 0.100. The Balaban J connectivity index is 1.63. The third kappa shape index (κ3) is 4.78. The number of carbonyl (C=O) groups excluding carboxylic acids is 1. The van der Waals surface area contributed by atoms with Gasteiger partial charge in [0.15, 0.2) is 5.16 Å². The molecule has 0 atom stereocenters. The number of aryl methyl sites for hydroxylation is 1. The summed E-state index contributed by atoms with van der Waals surface area (Å²) in [5, 5.41) is 23.5. The molecule has 0 spiro atoms. The summed E-state index contributed by atoms with van der Waals surface area (Å²) < 4.78 is 1.88. The Hall–Kier alpha value is -3.57. The number of non-ortho nitro benzene ring substituents is 1. The smallest absolute Gasteiger partial charge is 0.270 e. The molecule has 0 unspecified atom stereocenters. The minimum atomic E-state index is -0.429. The van der Waals surface area contributed by atoms with Gasteiger partial charge in [0.2, 0.25) is 11.0 Å². The fourth-order valence-electron chi connectivity index (χ4n) is 2.88. The van der Waals surface area contributed by atoms with E-state index in [1.54, 1.807) is 18.3 Å². The summed E-state index contributed by atoms with van der Waals surface area (Å²) in [5.41, 5.74) is 2.19. The van der Waals surface area contributed by atoms with Gasteiger partial charge in [0.25, 0.3) is 5.69 Å². The highest BCUT2D eigenvalue weighted by Crippen LogP contribution is 2.31. The monoisotopic (exact) mass is 452 g/mol. The maximum absolute atomic E-state index is 12.3. The van der Waals surface area contributed by atoms with Gasteiger partial charge in [0.05, 0.1) is 22.6 Å². The van der Waals surface area contributed by atoms with Gasteiger partial charge in [-0.15, -0.1) is 10.2 Å². The van der Waals surface area contributed by atoms with Gasteiger partial charge in [-0.25, -0.2) is 4.98 Å². The third-order valence-electron chi connectivity index (χ3n) is 4.20. The van der Waals surface area contributed by atoms with Crippen LogP contribution < -0.4 is 5.32 Å². The molecule has 4 rings (SSSR count). The van der Waals surface area contributed by atoms with E-state index in [0.29, 0.717) is 21.5 Å². The number of benzene rings is 2. The predicted molar refractivity (Wildman–Crippen MR) is 120 cm³/mol. The second-order valence-corrected chi connectivity index (χ2v) is 8.49. The van der Waals surface area contributed by atoms with Gasteiger partial charge in [-0.3, -0.25) is 24.8 Å². The summed E-state index contributed by atoms with van der Waals surface area (Å²) in [7, 11) is 0. The van der Waals surface area contributed by atoms with E-state index in [9.17, 15) is 14.9 Å². The molecular weight excluding hydrogens is 436 g/mol. The molecule has 1 amide bonds. The van der Waals surface area contributed by atoms with Crippen molar-refractivity contribution < 1.29 is 9.72 Å². The first kappa shape index (κ1) is 20.7. The van der Waals surface area contributed by atoms with E-state index >= 15 is 0 Å². The van der Waals surface area contributed by atoms with Gasteiger partial charge in [0.1, 0.15) is 5.01 Å². The van der Waals surface area contributed by atoms with Crippen molar-refractivity contribution in [2.24, 2.45) is 0 Å². The van der Waals surface area contributed by atoms with Crippen LogP contribution in [-0.2, 0) is 4.79 Å². The van der Waals surface area contributed by atoms with Crippen LogP contribution in [0.25, 0.3) is 16.9 Å². The van der Waals surface area contributed by atoms with Crippen LogP contribution in [0.5, 0.6) is 0 Å². The Labute approximate surface area is 185 Å². The first-order valence-electron chi connectivity index (χ1n) is 9.12. The van der Waals surface area contributed by atoms with Crippen LogP contribution in [0.15, 0.2) is 66.0 Å². The minimum absolute atomic E-state index is 0.000701. The van der Waals surface area contributed by atoms with Crippen LogP contribution in [0.4, 0.5) is 10.8 Å². The number of anilines is 1. The molecule has 0 saturated heterocycles. The molecule has 0 aliphatic carbocycles. The molecule has 11 heteroatoms. The molecule has 1 N–H and O–H groups in total. The number of nitrogens with zero attached hydrogens (tertiary/aromatic N) is 5. The second kappa shape index (κ2) is 9.06. The first-order valence-corrected chi connectivity index (χ1v) is 10.9. The third-order valence-corrected chi connectivity index (χ3v) is 5.91. The number of carbonyl (C=O) groups is 1. The van der Waals surface area contributed by atoms with E-state index in [2.05, 4.69) is 20.5 Å².